The van der Waals surface area contributed by atoms with Crippen LogP contribution in [0.5, 0.6) is 5.75 Å². The topological polar surface area (TPSA) is 43.6 Å². The van der Waals surface area contributed by atoms with E-state index in [4.69, 9.17) is 27.9 Å². The van der Waals surface area contributed by atoms with Crippen LogP contribution in [0.2, 0.25) is 10.0 Å². The second-order valence-corrected chi connectivity index (χ2v) is 6.64. The number of hydrogen-bond acceptors (Lipinski definition) is 3. The summed E-state index contributed by atoms with van der Waals surface area (Å²) in [6.45, 7) is 0. The van der Waals surface area contributed by atoms with Crippen LogP contribution in [0.3, 0.4) is 0 Å². The van der Waals surface area contributed by atoms with Crippen LogP contribution in [0.25, 0.3) is 10.2 Å². The lowest BCUT2D eigenvalue weighted by molar-refractivity contribution is 0.0998. The summed E-state index contributed by atoms with van der Waals surface area (Å²) in [5.41, 5.74) is 1.17. The number of hydrogen-bond donors (Lipinski definition) is 0. The van der Waals surface area contributed by atoms with Crippen molar-refractivity contribution in [2.24, 2.45) is 12.0 Å². The van der Waals surface area contributed by atoms with E-state index in [0.717, 1.165) is 16.0 Å². The van der Waals surface area contributed by atoms with Gasteiger partial charge in [-0.15, -0.1) is 0 Å². The van der Waals surface area contributed by atoms with Gasteiger partial charge >= 0.3 is 0 Å². The van der Waals surface area contributed by atoms with Crippen LogP contribution in [0.15, 0.2) is 41.4 Å². The lowest BCUT2D eigenvalue weighted by atomic mass is 10.2. The Bertz CT molecular complexity index is 976. The number of aryl methyl sites for hydroxylation is 1. The maximum Gasteiger partial charge on any atom is 0.281 e. The Balaban J connectivity index is 2.16. The van der Waals surface area contributed by atoms with Gasteiger partial charge in [-0.05, 0) is 30.3 Å². The van der Waals surface area contributed by atoms with Crippen molar-refractivity contribution in [3.63, 3.8) is 0 Å². The largest absolute Gasteiger partial charge is 0.495 e. The molecule has 0 unspecified atom stereocenters. The Kier molecular flexibility index (Phi) is 4.43. The van der Waals surface area contributed by atoms with Gasteiger partial charge in [-0.25, -0.2) is 0 Å². The lowest BCUT2D eigenvalue weighted by Gasteiger charge is -2.03. The van der Waals surface area contributed by atoms with Crippen molar-refractivity contribution in [3.05, 3.63) is 56.8 Å². The Morgan fingerprint density at radius 1 is 1.26 bits per heavy atom. The minimum atomic E-state index is -0.432. The van der Waals surface area contributed by atoms with E-state index in [0.29, 0.717) is 14.8 Å². The van der Waals surface area contributed by atoms with Gasteiger partial charge in [0, 0.05) is 12.1 Å². The van der Waals surface area contributed by atoms with Crippen LogP contribution in [0.4, 0.5) is 0 Å². The second kappa shape index (κ2) is 6.35. The van der Waals surface area contributed by atoms with Crippen LogP contribution >= 0.6 is 34.5 Å². The van der Waals surface area contributed by atoms with Gasteiger partial charge in [0.2, 0.25) is 0 Å². The molecule has 0 atom stereocenters. The molecule has 0 fully saturated rings. The first-order valence-corrected chi connectivity index (χ1v) is 8.25. The first kappa shape index (κ1) is 16.1. The monoisotopic (exact) mass is 366 g/mol. The molecule has 118 valence electrons. The van der Waals surface area contributed by atoms with E-state index in [2.05, 4.69) is 4.99 Å². The highest BCUT2D eigenvalue weighted by atomic mass is 35.5. The number of para-hydroxylation sites is 1. The van der Waals surface area contributed by atoms with Gasteiger partial charge in [0.25, 0.3) is 5.91 Å². The minimum Gasteiger partial charge on any atom is -0.495 e. The normalized spacial score (nSPS) is 11.9. The van der Waals surface area contributed by atoms with E-state index in [1.807, 2.05) is 29.8 Å². The van der Waals surface area contributed by atoms with Crippen molar-refractivity contribution >= 4 is 50.7 Å². The Labute approximate surface area is 146 Å². The summed E-state index contributed by atoms with van der Waals surface area (Å²) >= 11 is 13.4. The molecule has 3 rings (SSSR count). The summed E-state index contributed by atoms with van der Waals surface area (Å²) in [4.78, 5) is 17.2. The van der Waals surface area contributed by atoms with Gasteiger partial charge in [-0.1, -0.05) is 40.6 Å². The van der Waals surface area contributed by atoms with Crippen LogP contribution in [-0.4, -0.2) is 17.6 Å². The van der Waals surface area contributed by atoms with E-state index in [1.165, 1.54) is 17.4 Å². The van der Waals surface area contributed by atoms with E-state index < -0.39 is 5.91 Å². The molecule has 7 heteroatoms. The third kappa shape index (κ3) is 3.00. The molecule has 0 aliphatic heterocycles. The number of carbonyl (C=O) groups is 1. The van der Waals surface area contributed by atoms with Crippen LogP contribution in [-0.2, 0) is 7.05 Å². The van der Waals surface area contributed by atoms with Crippen molar-refractivity contribution in [2.45, 2.75) is 0 Å². The minimum absolute atomic E-state index is 0.281. The molecule has 1 aromatic heterocycles. The van der Waals surface area contributed by atoms with Crippen LogP contribution < -0.4 is 9.54 Å². The van der Waals surface area contributed by atoms with Gasteiger partial charge in [0.1, 0.15) is 11.3 Å². The van der Waals surface area contributed by atoms with Gasteiger partial charge in [-0.3, -0.25) is 4.79 Å². The number of nitrogens with zero attached hydrogens (tertiary/aromatic N) is 2. The highest BCUT2D eigenvalue weighted by molar-refractivity contribution is 7.16. The number of ether oxygens (including phenoxy) is 1. The molecule has 23 heavy (non-hydrogen) atoms. The predicted octanol–water partition coefficient (Wildman–Crippen LogP) is 4.30. The van der Waals surface area contributed by atoms with E-state index in [9.17, 15) is 4.79 Å². The molecule has 0 aliphatic rings. The zero-order valence-corrected chi connectivity index (χ0v) is 14.7. The summed E-state index contributed by atoms with van der Waals surface area (Å²) in [5, 5.41) is 0.764. The summed E-state index contributed by atoms with van der Waals surface area (Å²) in [7, 11) is 3.45. The average molecular weight is 367 g/mol. The fourth-order valence-electron chi connectivity index (χ4n) is 2.25. The van der Waals surface area contributed by atoms with Crippen molar-refractivity contribution in [2.75, 3.05) is 7.11 Å². The van der Waals surface area contributed by atoms with E-state index >= 15 is 0 Å². The standard InChI is InChI=1S/C16H12Cl2N2O2S/c1-20-14-12(22-2)4-3-5-13(14)23-16(20)19-15(21)10-8-9(17)6-7-11(10)18/h3-8H,1-2H3. The molecule has 0 radical (unpaired) electrons. The Morgan fingerprint density at radius 3 is 2.78 bits per heavy atom. The first-order chi connectivity index (χ1) is 11.0. The molecule has 0 spiro atoms. The van der Waals surface area contributed by atoms with Gasteiger partial charge < -0.3 is 9.30 Å². The third-order valence-electron chi connectivity index (χ3n) is 3.36. The molecule has 2 aromatic carbocycles. The highest BCUT2D eigenvalue weighted by Crippen LogP contribution is 2.26. The van der Waals surface area contributed by atoms with E-state index in [-0.39, 0.29) is 5.56 Å². The lowest BCUT2D eigenvalue weighted by Crippen LogP contribution is -2.13. The van der Waals surface area contributed by atoms with Crippen molar-refractivity contribution in [1.29, 1.82) is 0 Å². The Hall–Kier alpha value is -1.82. The van der Waals surface area contributed by atoms with Crippen molar-refractivity contribution in [3.8, 4) is 5.75 Å². The van der Waals surface area contributed by atoms with E-state index in [1.54, 1.807) is 19.2 Å². The van der Waals surface area contributed by atoms with Gasteiger partial charge in [0.15, 0.2) is 4.80 Å². The summed E-state index contributed by atoms with van der Waals surface area (Å²) in [6, 6.07) is 10.5. The quantitative estimate of drug-likeness (QED) is 0.678. The van der Waals surface area contributed by atoms with Crippen LogP contribution in [0.1, 0.15) is 10.4 Å². The first-order valence-electron chi connectivity index (χ1n) is 6.68. The number of benzene rings is 2. The number of fused-ring (bicyclic) bond motifs is 1. The molecule has 0 N–H and O–H groups in total. The number of aromatic nitrogens is 1. The smallest absolute Gasteiger partial charge is 0.281 e. The molecule has 0 bridgehead atoms. The fourth-order valence-corrected chi connectivity index (χ4v) is 3.65. The third-order valence-corrected chi connectivity index (χ3v) is 5.02. The molecule has 1 amide bonds. The molecule has 4 nitrogen and oxygen atoms in total. The zero-order chi connectivity index (χ0) is 16.6. The van der Waals surface area contributed by atoms with Crippen LogP contribution in [0, 0.1) is 0 Å². The number of carbonyl (C=O) groups excluding carboxylic acids is 1. The maximum absolute atomic E-state index is 12.4. The molecule has 0 saturated carbocycles. The highest BCUT2D eigenvalue weighted by Gasteiger charge is 2.13. The molecule has 0 aliphatic carbocycles. The molecule has 1 heterocycles. The number of rotatable bonds is 2. The fraction of sp³-hybridized carbons (Fsp3) is 0.125. The SMILES string of the molecule is COc1cccc2sc(=NC(=O)c3cc(Cl)ccc3Cl)n(C)c12. The number of amides is 1. The van der Waals surface area contributed by atoms with Gasteiger partial charge in [-0.2, -0.15) is 4.99 Å². The Morgan fingerprint density at radius 2 is 2.04 bits per heavy atom. The van der Waals surface area contributed by atoms with Crippen molar-refractivity contribution in [1.82, 2.24) is 4.57 Å². The predicted molar refractivity (Wildman–Crippen MR) is 93.7 cm³/mol. The summed E-state index contributed by atoms with van der Waals surface area (Å²) in [6.07, 6.45) is 0. The van der Waals surface area contributed by atoms with Crippen molar-refractivity contribution < 1.29 is 9.53 Å². The van der Waals surface area contributed by atoms with Gasteiger partial charge in [0.05, 0.1) is 22.4 Å². The molecule has 3 aromatic rings. The number of thiazole rings is 1. The summed E-state index contributed by atoms with van der Waals surface area (Å²) < 4.78 is 8.18. The summed E-state index contributed by atoms with van der Waals surface area (Å²) in [5.74, 6) is 0.301. The zero-order valence-electron chi connectivity index (χ0n) is 12.3. The maximum atomic E-state index is 12.4. The molecular formula is C16H12Cl2N2O2S. The average Bonchev–Trinajstić information content (AvgIpc) is 2.86. The second-order valence-electron chi connectivity index (χ2n) is 4.79. The number of halogens is 2. The molecule has 0 saturated heterocycles. The number of methoxy groups -OCH3 is 1. The molecular weight excluding hydrogens is 355 g/mol.